The minimum atomic E-state index is -0.925. The molecule has 11 heteroatoms. The van der Waals surface area contributed by atoms with Crippen LogP contribution < -0.4 is 21.4 Å². The molecule has 2 atom stereocenters. The molecule has 3 aromatic rings. The highest BCUT2D eigenvalue weighted by molar-refractivity contribution is 6.06. The summed E-state index contributed by atoms with van der Waals surface area (Å²) in [5.74, 6) is -1.07. The number of phenols is 1. The average molecular weight is 430 g/mol. The highest BCUT2D eigenvalue weighted by Gasteiger charge is 2.19. The minimum Gasteiger partial charge on any atom is -0.515 e. The van der Waals surface area contributed by atoms with Crippen molar-refractivity contribution in [3.8, 4) is 5.75 Å². The van der Waals surface area contributed by atoms with Crippen LogP contribution >= 0.6 is 0 Å². The number of H-pyrrole nitrogens is 1. The SMILES string of the molecule is CC(O)N(CCNC(=O)c1ccc(=O)c2nc3c(=CO)c(O)cc(=O)c3[nH]c12)C(C)O. The standard InChI is InChI=1S/C20H22N4O7/c1-9(26)24(10(2)27)6-5-21-20(31)11-3-4-13(28)18-16(11)22-19-15(30)7-14(29)12(8-25)17(19)23-18/h3-4,7-10,22,25-27,29H,5-6H2,1-2H3,(H,21,31). The summed E-state index contributed by atoms with van der Waals surface area (Å²) in [5.41, 5.74) is -1.46. The predicted molar refractivity (Wildman–Crippen MR) is 113 cm³/mol. The van der Waals surface area contributed by atoms with Gasteiger partial charge in [-0.05, 0) is 26.0 Å². The number of nitrogens with one attached hydrogen (secondary N) is 2. The molecule has 0 aliphatic rings. The molecule has 11 nitrogen and oxygen atoms in total. The Labute approximate surface area is 174 Å². The molecule has 2 aromatic carbocycles. The highest BCUT2D eigenvalue weighted by Crippen LogP contribution is 2.15. The summed E-state index contributed by atoms with van der Waals surface area (Å²) in [7, 11) is 0. The van der Waals surface area contributed by atoms with Crippen molar-refractivity contribution < 1.29 is 25.2 Å². The zero-order chi connectivity index (χ0) is 22.9. The van der Waals surface area contributed by atoms with Gasteiger partial charge >= 0.3 is 0 Å². The zero-order valence-electron chi connectivity index (χ0n) is 16.8. The molecular formula is C20H22N4O7. The van der Waals surface area contributed by atoms with Crippen LogP contribution in [0.15, 0.2) is 27.8 Å². The van der Waals surface area contributed by atoms with Crippen LogP contribution in [0.1, 0.15) is 24.2 Å². The van der Waals surface area contributed by atoms with Gasteiger partial charge in [0.2, 0.25) is 10.9 Å². The third-order valence-electron chi connectivity index (χ3n) is 4.89. The lowest BCUT2D eigenvalue weighted by molar-refractivity contribution is -0.0826. The number of benzene rings is 2. The fourth-order valence-corrected chi connectivity index (χ4v) is 3.33. The van der Waals surface area contributed by atoms with Crippen LogP contribution in [0.3, 0.4) is 0 Å². The largest absolute Gasteiger partial charge is 0.515 e. The van der Waals surface area contributed by atoms with Crippen molar-refractivity contribution in [2.24, 2.45) is 0 Å². The molecule has 0 radical (unpaired) electrons. The number of hydrogen-bond acceptors (Lipinski definition) is 9. The maximum atomic E-state index is 12.7. The number of amides is 1. The number of aromatic amines is 1. The normalized spacial score (nSPS) is 14.3. The van der Waals surface area contributed by atoms with Gasteiger partial charge in [-0.15, -0.1) is 0 Å². The van der Waals surface area contributed by atoms with Crippen LogP contribution in [0.4, 0.5) is 0 Å². The van der Waals surface area contributed by atoms with Crippen LogP contribution in [-0.2, 0) is 0 Å². The third kappa shape index (κ3) is 4.19. The van der Waals surface area contributed by atoms with E-state index in [1.165, 1.54) is 24.8 Å². The highest BCUT2D eigenvalue weighted by atomic mass is 16.3. The second kappa shape index (κ2) is 8.68. The van der Waals surface area contributed by atoms with Crippen molar-refractivity contribution in [1.82, 2.24) is 20.2 Å². The molecular weight excluding hydrogens is 408 g/mol. The molecule has 1 aromatic heterocycles. The molecule has 31 heavy (non-hydrogen) atoms. The molecule has 0 spiro atoms. The monoisotopic (exact) mass is 430 g/mol. The average Bonchev–Trinajstić information content (AvgIpc) is 2.70. The smallest absolute Gasteiger partial charge is 0.253 e. The lowest BCUT2D eigenvalue weighted by atomic mass is 10.1. The number of fused-ring (bicyclic) bond motifs is 2. The van der Waals surface area contributed by atoms with Gasteiger partial charge in [-0.2, -0.15) is 0 Å². The van der Waals surface area contributed by atoms with Gasteiger partial charge in [-0.1, -0.05) is 0 Å². The minimum absolute atomic E-state index is 0.0205. The van der Waals surface area contributed by atoms with Gasteiger partial charge in [-0.3, -0.25) is 19.3 Å². The van der Waals surface area contributed by atoms with Crippen molar-refractivity contribution in [2.75, 3.05) is 13.1 Å². The number of hydrogen-bond donors (Lipinski definition) is 6. The summed E-state index contributed by atoms with van der Waals surface area (Å²) in [5, 5.41) is 41.1. The van der Waals surface area contributed by atoms with Crippen LogP contribution in [0, 0.1) is 0 Å². The Morgan fingerprint density at radius 3 is 2.45 bits per heavy atom. The molecule has 0 bridgehead atoms. The van der Waals surface area contributed by atoms with Gasteiger partial charge in [0.15, 0.2) is 0 Å². The number of phenolic OH excluding ortho intramolecular Hbond substituents is 1. The molecule has 2 unspecified atom stereocenters. The maximum Gasteiger partial charge on any atom is 0.253 e. The molecule has 0 saturated carbocycles. The number of nitrogens with zero attached hydrogens (tertiary/aromatic N) is 2. The number of aromatic hydroxyl groups is 1. The first kappa shape index (κ1) is 22.2. The third-order valence-corrected chi connectivity index (χ3v) is 4.89. The molecule has 0 saturated heterocycles. The van der Waals surface area contributed by atoms with Gasteiger partial charge in [0, 0.05) is 19.2 Å². The number of rotatable bonds is 6. The van der Waals surface area contributed by atoms with Crippen molar-refractivity contribution in [1.29, 1.82) is 0 Å². The molecule has 0 fully saturated rings. The number of aliphatic hydroxyl groups excluding tert-OH is 3. The summed E-state index contributed by atoms with van der Waals surface area (Å²) >= 11 is 0. The maximum absolute atomic E-state index is 12.7. The Morgan fingerprint density at radius 1 is 1.16 bits per heavy atom. The first-order chi connectivity index (χ1) is 14.6. The fourth-order valence-electron chi connectivity index (χ4n) is 3.33. The van der Waals surface area contributed by atoms with Crippen LogP contribution in [0.25, 0.3) is 28.3 Å². The van der Waals surface area contributed by atoms with Gasteiger partial charge in [0.1, 0.15) is 34.8 Å². The summed E-state index contributed by atoms with van der Waals surface area (Å²) < 4.78 is 0. The van der Waals surface area contributed by atoms with E-state index in [2.05, 4.69) is 15.3 Å². The summed E-state index contributed by atoms with van der Waals surface area (Å²) in [4.78, 5) is 45.6. The summed E-state index contributed by atoms with van der Waals surface area (Å²) in [6, 6.07) is 3.32. The van der Waals surface area contributed by atoms with Gasteiger partial charge in [0.05, 0.1) is 22.6 Å². The number of carbonyl (C=O) groups excluding carboxylic acids is 1. The van der Waals surface area contributed by atoms with Gasteiger partial charge in [0.25, 0.3) is 5.91 Å². The Kier molecular flexibility index (Phi) is 6.20. The molecule has 3 rings (SSSR count). The van der Waals surface area contributed by atoms with Crippen molar-refractivity contribution in [3.05, 3.63) is 49.4 Å². The van der Waals surface area contributed by atoms with Gasteiger partial charge in [-0.25, -0.2) is 4.98 Å². The van der Waals surface area contributed by atoms with E-state index in [1.807, 2.05) is 0 Å². The Hall–Kier alpha value is -3.54. The van der Waals surface area contributed by atoms with E-state index in [0.717, 1.165) is 12.1 Å². The van der Waals surface area contributed by atoms with E-state index in [4.69, 9.17) is 0 Å². The molecule has 6 N–H and O–H groups in total. The molecule has 164 valence electrons. The summed E-state index contributed by atoms with van der Waals surface area (Å²) in [6.07, 6.45) is -1.28. The predicted octanol–water partition coefficient (Wildman–Crippen LogP) is -1.13. The van der Waals surface area contributed by atoms with Gasteiger partial charge < -0.3 is 30.7 Å². The Balaban J connectivity index is 2.05. The molecule has 0 aliphatic carbocycles. The van der Waals surface area contributed by atoms with Crippen LogP contribution in [0.5, 0.6) is 5.75 Å². The number of aliphatic hydroxyl groups is 3. The van der Waals surface area contributed by atoms with Crippen LogP contribution in [0.2, 0.25) is 0 Å². The first-order valence-electron chi connectivity index (χ1n) is 9.43. The molecule has 0 aliphatic heterocycles. The van der Waals surface area contributed by atoms with Crippen molar-refractivity contribution in [2.45, 2.75) is 26.3 Å². The van der Waals surface area contributed by atoms with Crippen LogP contribution in [-0.4, -0.2) is 66.7 Å². The molecule has 1 heterocycles. The second-order valence-corrected chi connectivity index (χ2v) is 6.99. The van der Waals surface area contributed by atoms with E-state index >= 15 is 0 Å². The van der Waals surface area contributed by atoms with E-state index in [-0.39, 0.29) is 45.9 Å². The first-order valence-corrected chi connectivity index (χ1v) is 9.43. The van der Waals surface area contributed by atoms with E-state index in [1.54, 1.807) is 0 Å². The lowest BCUT2D eigenvalue weighted by Crippen LogP contribution is -2.44. The quantitative estimate of drug-likeness (QED) is 0.209. The summed E-state index contributed by atoms with van der Waals surface area (Å²) in [6.45, 7) is 3.21. The fraction of sp³-hybridized carbons (Fsp3) is 0.300. The molecule has 1 amide bonds. The second-order valence-electron chi connectivity index (χ2n) is 6.99. The van der Waals surface area contributed by atoms with E-state index in [0.29, 0.717) is 6.26 Å². The number of aromatic nitrogens is 2. The Bertz CT molecular complexity index is 1310. The zero-order valence-corrected chi connectivity index (χ0v) is 16.8. The van der Waals surface area contributed by atoms with E-state index in [9.17, 15) is 34.8 Å². The topological polar surface area (TPSA) is 176 Å². The van der Waals surface area contributed by atoms with Crippen molar-refractivity contribution in [3.63, 3.8) is 0 Å². The lowest BCUT2D eigenvalue weighted by Gasteiger charge is -2.27. The van der Waals surface area contributed by atoms with E-state index < -0.39 is 35.0 Å². The number of carbonyl (C=O) groups is 1. The Morgan fingerprint density at radius 2 is 1.84 bits per heavy atom. The van der Waals surface area contributed by atoms with Crippen molar-refractivity contribution >= 4 is 34.2 Å².